The van der Waals surface area contributed by atoms with Gasteiger partial charge in [-0.3, -0.25) is 9.59 Å². The summed E-state index contributed by atoms with van der Waals surface area (Å²) in [6.45, 7) is 6.21. The number of hydrogen-bond acceptors (Lipinski definition) is 7. The third-order valence-electron chi connectivity index (χ3n) is 8.37. The molecule has 0 aliphatic heterocycles. The number of amides is 3. The van der Waals surface area contributed by atoms with E-state index in [-0.39, 0.29) is 36.1 Å². The molecule has 4 aromatic rings. The Hall–Kier alpha value is -6.17. The van der Waals surface area contributed by atoms with Gasteiger partial charge in [-0.15, -0.1) is 0 Å². The molecule has 0 aromatic heterocycles. The first-order valence-corrected chi connectivity index (χ1v) is 17.6. The summed E-state index contributed by atoms with van der Waals surface area (Å²) in [5.41, 5.74) is 2.09. The summed E-state index contributed by atoms with van der Waals surface area (Å²) in [5.74, 6) is -4.06. The van der Waals surface area contributed by atoms with Gasteiger partial charge in [-0.05, 0) is 68.5 Å². The van der Waals surface area contributed by atoms with E-state index in [0.29, 0.717) is 12.0 Å². The van der Waals surface area contributed by atoms with Gasteiger partial charge in [-0.1, -0.05) is 97.1 Å². The second-order valence-electron chi connectivity index (χ2n) is 14.0. The zero-order valence-corrected chi connectivity index (χ0v) is 30.8. The SMILES string of the molecule is CC(CC(c1ccccc1)c1ccccc1)NC(=O)[C@H](Cc1ccc(OCC(=O)O)c(C(=O)O)c1)NC(=O)[C@H](Cc1ccccc1)NC(=O)OC(C)(C)C. The van der Waals surface area contributed by atoms with Crippen molar-refractivity contribution in [3.8, 4) is 5.75 Å². The Morgan fingerprint density at radius 3 is 1.72 bits per heavy atom. The molecule has 0 aliphatic rings. The highest BCUT2D eigenvalue weighted by Crippen LogP contribution is 2.29. The van der Waals surface area contributed by atoms with Gasteiger partial charge < -0.3 is 35.6 Å². The molecular formula is C42H47N3O9. The minimum absolute atomic E-state index is 0.0551. The van der Waals surface area contributed by atoms with Crippen LogP contribution >= 0.6 is 0 Å². The lowest BCUT2D eigenvalue weighted by atomic mass is 9.86. The Morgan fingerprint density at radius 2 is 1.19 bits per heavy atom. The first-order valence-electron chi connectivity index (χ1n) is 17.6. The molecule has 1 unspecified atom stereocenters. The highest BCUT2D eigenvalue weighted by molar-refractivity contribution is 5.93. The molecule has 3 amide bonds. The number of carbonyl (C=O) groups is 5. The van der Waals surface area contributed by atoms with Crippen LogP contribution in [0.3, 0.4) is 0 Å². The molecule has 4 aromatic carbocycles. The minimum Gasteiger partial charge on any atom is -0.481 e. The number of aromatic carboxylic acids is 1. The van der Waals surface area contributed by atoms with E-state index in [2.05, 4.69) is 16.0 Å². The topological polar surface area (TPSA) is 180 Å². The molecule has 4 rings (SSSR count). The number of carboxylic acid groups (broad SMARTS) is 2. The molecule has 0 heterocycles. The van der Waals surface area contributed by atoms with Crippen molar-refractivity contribution in [3.05, 3.63) is 137 Å². The summed E-state index contributed by atoms with van der Waals surface area (Å²) in [4.78, 5) is 64.3. The van der Waals surface area contributed by atoms with Crippen LogP contribution < -0.4 is 20.7 Å². The van der Waals surface area contributed by atoms with Gasteiger partial charge in [-0.25, -0.2) is 14.4 Å². The number of carboxylic acids is 2. The number of hydrogen-bond donors (Lipinski definition) is 5. The van der Waals surface area contributed by atoms with Crippen molar-refractivity contribution in [3.63, 3.8) is 0 Å². The number of ether oxygens (including phenoxy) is 2. The first-order chi connectivity index (χ1) is 25.7. The monoisotopic (exact) mass is 737 g/mol. The summed E-state index contributed by atoms with van der Waals surface area (Å²) < 4.78 is 10.6. The predicted molar refractivity (Wildman–Crippen MR) is 202 cm³/mol. The van der Waals surface area contributed by atoms with E-state index in [1.807, 2.05) is 73.7 Å². The van der Waals surface area contributed by atoms with Crippen molar-refractivity contribution >= 4 is 29.8 Å². The number of aliphatic carboxylic acids is 1. The number of nitrogens with one attached hydrogen (secondary N) is 3. The lowest BCUT2D eigenvalue weighted by Gasteiger charge is -2.27. The molecular weight excluding hydrogens is 690 g/mol. The fourth-order valence-corrected chi connectivity index (χ4v) is 5.95. The van der Waals surface area contributed by atoms with Gasteiger partial charge in [0.05, 0.1) is 0 Å². The molecule has 3 atom stereocenters. The summed E-state index contributed by atoms with van der Waals surface area (Å²) in [5, 5.41) is 27.4. The van der Waals surface area contributed by atoms with E-state index < -0.39 is 54.1 Å². The fourth-order valence-electron chi connectivity index (χ4n) is 5.95. The van der Waals surface area contributed by atoms with Gasteiger partial charge in [0, 0.05) is 24.8 Å². The van der Waals surface area contributed by atoms with Crippen LogP contribution in [0.15, 0.2) is 109 Å². The molecule has 54 heavy (non-hydrogen) atoms. The van der Waals surface area contributed by atoms with Crippen LogP contribution in [-0.4, -0.2) is 70.4 Å². The predicted octanol–water partition coefficient (Wildman–Crippen LogP) is 5.74. The molecule has 12 nitrogen and oxygen atoms in total. The van der Waals surface area contributed by atoms with E-state index in [1.165, 1.54) is 18.2 Å². The van der Waals surface area contributed by atoms with Crippen LogP contribution in [0.25, 0.3) is 0 Å². The number of carbonyl (C=O) groups excluding carboxylic acids is 3. The summed E-state index contributed by atoms with van der Waals surface area (Å²) >= 11 is 0. The molecule has 0 aliphatic carbocycles. The molecule has 284 valence electrons. The smallest absolute Gasteiger partial charge is 0.408 e. The summed E-state index contributed by atoms with van der Waals surface area (Å²) in [6, 6.07) is 30.2. The zero-order chi connectivity index (χ0) is 39.3. The highest BCUT2D eigenvalue weighted by atomic mass is 16.6. The van der Waals surface area contributed by atoms with Crippen molar-refractivity contribution in [2.45, 2.75) is 76.6 Å². The van der Waals surface area contributed by atoms with E-state index in [1.54, 1.807) is 45.0 Å². The van der Waals surface area contributed by atoms with E-state index >= 15 is 0 Å². The maximum Gasteiger partial charge on any atom is 0.408 e. The van der Waals surface area contributed by atoms with Crippen LogP contribution in [0.4, 0.5) is 4.79 Å². The quantitative estimate of drug-likeness (QED) is 0.0904. The molecule has 0 bridgehead atoms. The Morgan fingerprint density at radius 1 is 0.667 bits per heavy atom. The molecule has 12 heteroatoms. The average molecular weight is 738 g/mol. The Bertz CT molecular complexity index is 1840. The largest absolute Gasteiger partial charge is 0.481 e. The molecule has 0 radical (unpaired) electrons. The van der Waals surface area contributed by atoms with Crippen molar-refractivity contribution in [1.29, 1.82) is 0 Å². The first kappa shape index (κ1) is 40.6. The van der Waals surface area contributed by atoms with Crippen LogP contribution in [0.1, 0.15) is 72.6 Å². The zero-order valence-electron chi connectivity index (χ0n) is 30.8. The summed E-state index contributed by atoms with van der Waals surface area (Å²) in [6.07, 6.45) is -0.347. The van der Waals surface area contributed by atoms with Crippen molar-refractivity contribution in [1.82, 2.24) is 16.0 Å². The molecule has 0 saturated carbocycles. The molecule has 0 spiro atoms. The van der Waals surface area contributed by atoms with Gasteiger partial charge >= 0.3 is 18.0 Å². The number of alkyl carbamates (subject to hydrolysis) is 1. The van der Waals surface area contributed by atoms with E-state index in [9.17, 15) is 29.1 Å². The minimum atomic E-state index is -1.37. The van der Waals surface area contributed by atoms with Gasteiger partial charge in [-0.2, -0.15) is 0 Å². The lowest BCUT2D eigenvalue weighted by molar-refractivity contribution is -0.139. The van der Waals surface area contributed by atoms with Gasteiger partial charge in [0.1, 0.15) is 29.0 Å². The number of benzene rings is 4. The lowest BCUT2D eigenvalue weighted by Crippen LogP contribution is -2.56. The van der Waals surface area contributed by atoms with Crippen LogP contribution in [0, 0.1) is 0 Å². The van der Waals surface area contributed by atoms with Crippen molar-refractivity contribution in [2.75, 3.05) is 6.61 Å². The molecule has 0 saturated heterocycles. The molecule has 5 N–H and O–H groups in total. The van der Waals surface area contributed by atoms with E-state index in [4.69, 9.17) is 14.6 Å². The number of rotatable bonds is 17. The van der Waals surface area contributed by atoms with Gasteiger partial charge in [0.15, 0.2) is 6.61 Å². The van der Waals surface area contributed by atoms with Gasteiger partial charge in [0.25, 0.3) is 0 Å². The second kappa shape index (κ2) is 19.1. The summed E-state index contributed by atoms with van der Waals surface area (Å²) in [7, 11) is 0. The normalized spacial score (nSPS) is 12.8. The third kappa shape index (κ3) is 12.8. The van der Waals surface area contributed by atoms with Crippen molar-refractivity contribution in [2.24, 2.45) is 0 Å². The van der Waals surface area contributed by atoms with Crippen molar-refractivity contribution < 1.29 is 43.7 Å². The molecule has 0 fully saturated rings. The standard InChI is InChI=1S/C42H47N3O9/c1-27(22-32(30-16-10-6-11-17-30)31-18-12-7-13-19-31)43-38(48)34(25-29-20-21-36(53-26-37(46)47)33(23-29)40(50)51)44-39(49)35(24-28-14-8-5-9-15-28)45-41(52)54-42(2,3)4/h5-21,23,27,32,34-35H,22,24-26H2,1-4H3,(H,43,48)(H,44,49)(H,45,52)(H,46,47)(H,50,51)/t27?,34-,35-/m0/s1. The maximum absolute atomic E-state index is 14.2. The Labute approximate surface area is 314 Å². The Balaban J connectivity index is 1.64. The third-order valence-corrected chi connectivity index (χ3v) is 8.37. The van der Waals surface area contributed by atoms with Crippen LogP contribution in [0.5, 0.6) is 5.75 Å². The maximum atomic E-state index is 14.2. The van der Waals surface area contributed by atoms with Crippen LogP contribution in [0.2, 0.25) is 0 Å². The van der Waals surface area contributed by atoms with Crippen LogP contribution in [-0.2, 0) is 32.0 Å². The second-order valence-corrected chi connectivity index (χ2v) is 14.0. The average Bonchev–Trinajstić information content (AvgIpc) is 3.13. The highest BCUT2D eigenvalue weighted by Gasteiger charge is 2.30. The van der Waals surface area contributed by atoms with Gasteiger partial charge in [0.2, 0.25) is 11.8 Å². The fraction of sp³-hybridized carbons (Fsp3) is 0.310. The Kier molecular flexibility index (Phi) is 14.3. The van der Waals surface area contributed by atoms with E-state index in [0.717, 1.165) is 16.7 Å².